The van der Waals surface area contributed by atoms with Crippen LogP contribution in [-0.4, -0.2) is 16.4 Å². The predicted molar refractivity (Wildman–Crippen MR) is 112 cm³/mol. The van der Waals surface area contributed by atoms with Crippen LogP contribution in [0.1, 0.15) is 54.6 Å². The van der Waals surface area contributed by atoms with Crippen molar-refractivity contribution in [3.8, 4) is 17.5 Å². The Bertz CT molecular complexity index is 1170. The van der Waals surface area contributed by atoms with Crippen LogP contribution >= 0.6 is 0 Å². The standard InChI is InChI=1S/C25H24N4O/c26-15-16-4-3-5-20(11-16)23-27-22(21-6-1-2-7-29(21)23)24(30)28-25-12-17-8-18(13-25)10-19(9-17)14-25/h1-7,11,17-19H,8-10,12-14H2,(H,28,30)/p+1. The summed E-state index contributed by atoms with van der Waals surface area (Å²) in [6, 6.07) is 15.6. The Kier molecular flexibility index (Phi) is 3.80. The highest BCUT2D eigenvalue weighted by molar-refractivity contribution is 5.99. The van der Waals surface area contributed by atoms with Gasteiger partial charge in [-0.15, -0.1) is 0 Å². The number of hydrogen-bond acceptors (Lipinski definition) is 2. The van der Waals surface area contributed by atoms with Crippen molar-refractivity contribution in [3.63, 3.8) is 0 Å². The van der Waals surface area contributed by atoms with Gasteiger partial charge in [-0.05, 0) is 86.6 Å². The fraction of sp³-hybridized carbons (Fsp3) is 0.400. The Morgan fingerprint density at radius 2 is 1.80 bits per heavy atom. The number of nitriles is 1. The lowest BCUT2D eigenvalue weighted by atomic mass is 9.53. The largest absolute Gasteiger partial charge is 0.343 e. The molecular formula is C25H25N4O+. The van der Waals surface area contributed by atoms with Crippen LogP contribution < -0.4 is 9.72 Å². The molecule has 2 aromatic heterocycles. The van der Waals surface area contributed by atoms with E-state index in [4.69, 9.17) is 0 Å². The first-order chi connectivity index (χ1) is 14.6. The number of nitrogens with one attached hydrogen (secondary N) is 2. The molecule has 0 aliphatic heterocycles. The van der Waals surface area contributed by atoms with Gasteiger partial charge in [-0.2, -0.15) is 9.66 Å². The van der Waals surface area contributed by atoms with E-state index in [-0.39, 0.29) is 11.4 Å². The molecule has 5 nitrogen and oxygen atoms in total. The van der Waals surface area contributed by atoms with Gasteiger partial charge in [0.25, 0.3) is 11.7 Å². The normalized spacial score (nSPS) is 29.1. The number of rotatable bonds is 3. The molecule has 4 aliphatic rings. The number of carbonyl (C=O) groups is 1. The van der Waals surface area contributed by atoms with Crippen molar-refractivity contribution in [2.75, 3.05) is 0 Å². The highest BCUT2D eigenvalue weighted by Crippen LogP contribution is 2.55. The minimum atomic E-state index is -0.0242. The van der Waals surface area contributed by atoms with E-state index >= 15 is 0 Å². The van der Waals surface area contributed by atoms with Crippen LogP contribution in [0.25, 0.3) is 16.9 Å². The molecule has 5 heteroatoms. The maximum atomic E-state index is 13.5. The Morgan fingerprint density at radius 3 is 2.50 bits per heavy atom. The second kappa shape index (κ2) is 6.43. The first-order valence-electron chi connectivity index (χ1n) is 11.0. The van der Waals surface area contributed by atoms with Crippen LogP contribution in [0.4, 0.5) is 0 Å². The van der Waals surface area contributed by atoms with Crippen LogP contribution in [0.5, 0.6) is 0 Å². The van der Waals surface area contributed by atoms with Crippen molar-refractivity contribution in [2.24, 2.45) is 17.8 Å². The van der Waals surface area contributed by atoms with Gasteiger partial charge >= 0.3 is 0 Å². The Labute approximate surface area is 175 Å². The average Bonchev–Trinajstić information content (AvgIpc) is 3.12. The number of hydrogen-bond donors (Lipinski definition) is 2. The molecule has 1 amide bonds. The van der Waals surface area contributed by atoms with Crippen molar-refractivity contribution < 1.29 is 9.20 Å². The number of aromatic amines is 1. The summed E-state index contributed by atoms with van der Waals surface area (Å²) in [4.78, 5) is 16.9. The molecule has 0 spiro atoms. The Morgan fingerprint density at radius 1 is 1.07 bits per heavy atom. The minimum absolute atomic E-state index is 0.0108. The number of benzene rings is 1. The molecule has 2 heterocycles. The molecule has 4 saturated carbocycles. The third kappa shape index (κ3) is 2.74. The molecule has 4 bridgehead atoms. The van der Waals surface area contributed by atoms with Crippen molar-refractivity contribution >= 4 is 11.4 Å². The predicted octanol–water partition coefficient (Wildman–Crippen LogP) is 3.99. The fourth-order valence-electron chi connectivity index (χ4n) is 6.77. The minimum Gasteiger partial charge on any atom is -0.343 e. The summed E-state index contributed by atoms with van der Waals surface area (Å²) in [6.07, 6.45) is 9.43. The van der Waals surface area contributed by atoms with Gasteiger partial charge in [0, 0.05) is 5.54 Å². The number of fused-ring (bicyclic) bond motifs is 1. The molecule has 1 aromatic carbocycles. The van der Waals surface area contributed by atoms with Crippen LogP contribution in [0.2, 0.25) is 0 Å². The van der Waals surface area contributed by atoms with Crippen molar-refractivity contribution in [1.29, 1.82) is 5.26 Å². The maximum Gasteiger partial charge on any atom is 0.296 e. The van der Waals surface area contributed by atoms with E-state index in [9.17, 15) is 10.1 Å². The van der Waals surface area contributed by atoms with Crippen LogP contribution in [-0.2, 0) is 0 Å². The smallest absolute Gasteiger partial charge is 0.296 e. The molecule has 0 atom stereocenters. The zero-order valence-corrected chi connectivity index (χ0v) is 16.9. The van der Waals surface area contributed by atoms with Gasteiger partial charge in [-0.1, -0.05) is 12.1 Å². The molecular weight excluding hydrogens is 372 g/mol. The lowest BCUT2D eigenvalue weighted by Gasteiger charge is -2.56. The topological polar surface area (TPSA) is 72.8 Å². The van der Waals surface area contributed by atoms with Gasteiger partial charge in [-0.25, -0.2) is 4.98 Å². The third-order valence-electron chi connectivity index (χ3n) is 7.51. The quantitative estimate of drug-likeness (QED) is 0.656. The van der Waals surface area contributed by atoms with E-state index in [1.807, 2.05) is 47.0 Å². The highest BCUT2D eigenvalue weighted by Gasteiger charge is 2.52. The zero-order valence-electron chi connectivity index (χ0n) is 16.9. The summed E-state index contributed by atoms with van der Waals surface area (Å²) in [6.45, 7) is 0. The number of nitrogens with zero attached hydrogens (tertiary/aromatic N) is 2. The molecule has 2 N–H and O–H groups in total. The van der Waals surface area contributed by atoms with E-state index in [0.29, 0.717) is 11.3 Å². The zero-order chi connectivity index (χ0) is 20.3. The third-order valence-corrected chi connectivity index (χ3v) is 7.51. The number of pyridine rings is 1. The molecule has 0 unspecified atom stereocenters. The van der Waals surface area contributed by atoms with Crippen molar-refractivity contribution in [2.45, 2.75) is 44.1 Å². The lowest BCUT2D eigenvalue weighted by Crippen LogP contribution is -2.59. The monoisotopic (exact) mass is 397 g/mol. The van der Waals surface area contributed by atoms with Crippen LogP contribution in [0.15, 0.2) is 48.7 Å². The lowest BCUT2D eigenvalue weighted by molar-refractivity contribution is -0.498. The fourth-order valence-corrected chi connectivity index (χ4v) is 6.77. The van der Waals surface area contributed by atoms with E-state index in [1.165, 1.54) is 19.3 Å². The highest BCUT2D eigenvalue weighted by atomic mass is 16.2. The van der Waals surface area contributed by atoms with Crippen molar-refractivity contribution in [3.05, 3.63) is 59.9 Å². The summed E-state index contributed by atoms with van der Waals surface area (Å²) in [7, 11) is 0. The second-order valence-electron chi connectivity index (χ2n) is 9.65. The summed E-state index contributed by atoms with van der Waals surface area (Å²) >= 11 is 0. The molecule has 30 heavy (non-hydrogen) atoms. The summed E-state index contributed by atoms with van der Waals surface area (Å²) in [5, 5.41) is 12.8. The summed E-state index contributed by atoms with van der Waals surface area (Å²) in [5.74, 6) is 3.17. The van der Waals surface area contributed by atoms with Gasteiger partial charge in [0.2, 0.25) is 5.69 Å². The van der Waals surface area contributed by atoms with Gasteiger partial charge in [0.15, 0.2) is 5.52 Å². The number of imidazole rings is 1. The van der Waals surface area contributed by atoms with Crippen LogP contribution in [0, 0.1) is 29.1 Å². The maximum absolute atomic E-state index is 13.5. The number of H-pyrrole nitrogens is 1. The Hall–Kier alpha value is -3.13. The van der Waals surface area contributed by atoms with Gasteiger partial charge in [0.1, 0.15) is 0 Å². The van der Waals surface area contributed by atoms with E-state index in [1.54, 1.807) is 6.07 Å². The first kappa shape index (κ1) is 17.7. The van der Waals surface area contributed by atoms with E-state index in [2.05, 4.69) is 16.4 Å². The Balaban J connectivity index is 1.38. The average molecular weight is 398 g/mol. The van der Waals surface area contributed by atoms with Crippen molar-refractivity contribution in [1.82, 2.24) is 10.3 Å². The molecule has 0 radical (unpaired) electrons. The molecule has 4 aliphatic carbocycles. The molecule has 150 valence electrons. The van der Waals surface area contributed by atoms with Gasteiger partial charge in [-0.3, -0.25) is 4.79 Å². The van der Waals surface area contributed by atoms with Crippen LogP contribution in [0.3, 0.4) is 0 Å². The first-order valence-corrected chi connectivity index (χ1v) is 11.0. The molecule has 0 saturated heterocycles. The second-order valence-corrected chi connectivity index (χ2v) is 9.65. The van der Waals surface area contributed by atoms with E-state index in [0.717, 1.165) is 53.9 Å². The summed E-state index contributed by atoms with van der Waals surface area (Å²) < 4.78 is 2.01. The SMILES string of the molecule is N#Cc1cccc(-c2[nH]c(C(=O)NC34CC5CC(CC(C5)C3)C4)c3cccc[n+]23)c1. The number of aromatic nitrogens is 2. The molecule has 7 rings (SSSR count). The number of carbonyl (C=O) groups excluding carboxylic acids is 1. The summed E-state index contributed by atoms with van der Waals surface area (Å²) in [5.41, 5.74) is 2.93. The van der Waals surface area contributed by atoms with E-state index < -0.39 is 0 Å². The van der Waals surface area contributed by atoms with Gasteiger partial charge in [0.05, 0.1) is 23.4 Å². The van der Waals surface area contributed by atoms with Gasteiger partial charge < -0.3 is 5.32 Å². The molecule has 3 aromatic rings. The molecule has 4 fully saturated rings. The number of amides is 1.